The van der Waals surface area contributed by atoms with E-state index in [-0.39, 0.29) is 0 Å². The summed E-state index contributed by atoms with van der Waals surface area (Å²) in [5.74, 6) is 0. The zero-order valence-corrected chi connectivity index (χ0v) is 12.7. The van der Waals surface area contributed by atoms with Gasteiger partial charge in [0.15, 0.2) is 0 Å². The van der Waals surface area contributed by atoms with Gasteiger partial charge in [-0.15, -0.1) is 0 Å². The fraction of sp³-hybridized carbons (Fsp3) is 0.375. The maximum Gasteiger partial charge on any atom is 0.137 e. The van der Waals surface area contributed by atoms with E-state index in [4.69, 9.17) is 0 Å². The van der Waals surface area contributed by atoms with Crippen LogP contribution in [0.15, 0.2) is 18.3 Å². The number of hydrogen-bond acceptors (Lipinski definition) is 2. The third kappa shape index (κ3) is 1.75. The van der Waals surface area contributed by atoms with Crippen LogP contribution in [0.2, 0.25) is 0 Å². The highest BCUT2D eigenvalue weighted by Crippen LogP contribution is 2.28. The molecule has 0 saturated carbocycles. The van der Waals surface area contributed by atoms with Gasteiger partial charge in [-0.3, -0.25) is 9.08 Å². The highest BCUT2D eigenvalue weighted by Gasteiger charge is 2.17. The lowest BCUT2D eigenvalue weighted by Gasteiger charge is -2.07. The van der Waals surface area contributed by atoms with E-state index < -0.39 is 0 Å². The largest absolute Gasteiger partial charge is 0.297 e. The van der Waals surface area contributed by atoms with Crippen LogP contribution in [0.1, 0.15) is 29.6 Å². The molecule has 0 saturated heterocycles. The van der Waals surface area contributed by atoms with Gasteiger partial charge in [0.25, 0.3) is 0 Å². The quantitative estimate of drug-likeness (QED) is 0.713. The summed E-state index contributed by atoms with van der Waals surface area (Å²) in [6, 6.07) is 4.30. The summed E-state index contributed by atoms with van der Waals surface area (Å²) in [5.41, 5.74) is 8.04. The number of aromatic nitrogens is 4. The van der Waals surface area contributed by atoms with Gasteiger partial charge in [0.2, 0.25) is 0 Å². The molecule has 0 amide bonds. The minimum Gasteiger partial charge on any atom is -0.297 e. The molecule has 0 bridgehead atoms. The van der Waals surface area contributed by atoms with Crippen LogP contribution < -0.4 is 0 Å². The number of nitrogens with zero attached hydrogens (tertiary/aromatic N) is 4. The van der Waals surface area contributed by atoms with Crippen LogP contribution in [-0.4, -0.2) is 19.2 Å². The topological polar surface area (TPSA) is 35.1 Å². The minimum absolute atomic E-state index is 0.890. The molecule has 0 unspecified atom stereocenters. The third-order valence-corrected chi connectivity index (χ3v) is 3.87. The van der Waals surface area contributed by atoms with Crippen molar-refractivity contribution in [3.8, 4) is 11.3 Å². The Morgan fingerprint density at radius 3 is 2.50 bits per heavy atom. The number of pyridine rings is 1. The first-order chi connectivity index (χ1) is 9.52. The Morgan fingerprint density at radius 2 is 1.85 bits per heavy atom. The summed E-state index contributed by atoms with van der Waals surface area (Å²) in [7, 11) is 0. The van der Waals surface area contributed by atoms with Crippen molar-refractivity contribution in [3.63, 3.8) is 0 Å². The van der Waals surface area contributed by atoms with Crippen LogP contribution in [0.5, 0.6) is 0 Å². The van der Waals surface area contributed by atoms with Gasteiger partial charge in [0.1, 0.15) is 5.65 Å². The van der Waals surface area contributed by atoms with Crippen molar-refractivity contribution in [1.29, 1.82) is 0 Å². The Kier molecular flexibility index (Phi) is 2.89. The van der Waals surface area contributed by atoms with E-state index in [1.54, 1.807) is 0 Å². The van der Waals surface area contributed by atoms with Crippen LogP contribution in [0.4, 0.5) is 0 Å². The zero-order valence-electron chi connectivity index (χ0n) is 12.7. The SMILES string of the molecule is CCn1nc(C)c(-c2cnc3cc(C)cc(C)n23)c1C. The van der Waals surface area contributed by atoms with Gasteiger partial charge in [0.05, 0.1) is 17.6 Å². The number of aryl methyl sites for hydroxylation is 4. The van der Waals surface area contributed by atoms with Crippen LogP contribution in [-0.2, 0) is 6.54 Å². The number of fused-ring (bicyclic) bond motifs is 1. The highest BCUT2D eigenvalue weighted by molar-refractivity contribution is 5.69. The Balaban J connectivity index is 2.33. The average Bonchev–Trinajstić information content (AvgIpc) is 2.90. The lowest BCUT2D eigenvalue weighted by atomic mass is 10.1. The summed E-state index contributed by atoms with van der Waals surface area (Å²) in [5, 5.41) is 4.61. The molecular weight excluding hydrogens is 248 g/mol. The molecule has 3 aromatic heterocycles. The highest BCUT2D eigenvalue weighted by atomic mass is 15.3. The number of imidazole rings is 1. The van der Waals surface area contributed by atoms with E-state index in [2.05, 4.69) is 61.2 Å². The van der Waals surface area contributed by atoms with E-state index in [0.717, 1.165) is 23.6 Å². The van der Waals surface area contributed by atoms with Gasteiger partial charge in [-0.25, -0.2) is 4.98 Å². The predicted molar refractivity (Wildman–Crippen MR) is 81.0 cm³/mol. The Hall–Kier alpha value is -2.10. The molecule has 4 nitrogen and oxygen atoms in total. The molecule has 3 heterocycles. The minimum atomic E-state index is 0.890. The van der Waals surface area contributed by atoms with Crippen LogP contribution in [0.3, 0.4) is 0 Å². The van der Waals surface area contributed by atoms with Crippen molar-refractivity contribution in [3.05, 3.63) is 41.0 Å². The number of rotatable bonds is 2. The Morgan fingerprint density at radius 1 is 1.10 bits per heavy atom. The second-order valence-corrected chi connectivity index (χ2v) is 5.37. The van der Waals surface area contributed by atoms with E-state index in [1.165, 1.54) is 22.5 Å². The molecule has 0 radical (unpaired) electrons. The molecule has 0 aliphatic heterocycles. The summed E-state index contributed by atoms with van der Waals surface area (Å²) in [6.07, 6.45) is 1.96. The second-order valence-electron chi connectivity index (χ2n) is 5.37. The average molecular weight is 268 g/mol. The van der Waals surface area contributed by atoms with E-state index in [0.29, 0.717) is 0 Å². The van der Waals surface area contributed by atoms with Crippen molar-refractivity contribution < 1.29 is 0 Å². The molecule has 0 aliphatic carbocycles. The second kappa shape index (κ2) is 4.47. The van der Waals surface area contributed by atoms with Crippen LogP contribution in [0.25, 0.3) is 16.9 Å². The third-order valence-electron chi connectivity index (χ3n) is 3.87. The summed E-state index contributed by atoms with van der Waals surface area (Å²) >= 11 is 0. The van der Waals surface area contributed by atoms with Gasteiger partial charge in [-0.05, 0) is 52.3 Å². The fourth-order valence-corrected chi connectivity index (χ4v) is 3.03. The molecule has 0 spiro atoms. The normalized spacial score (nSPS) is 11.4. The smallest absolute Gasteiger partial charge is 0.137 e. The Bertz CT molecular complexity index is 793. The van der Waals surface area contributed by atoms with Crippen molar-refractivity contribution in [1.82, 2.24) is 19.2 Å². The molecule has 20 heavy (non-hydrogen) atoms. The molecule has 4 heteroatoms. The molecular formula is C16H20N4. The van der Waals surface area contributed by atoms with Gasteiger partial charge in [-0.2, -0.15) is 5.10 Å². The van der Waals surface area contributed by atoms with E-state index in [9.17, 15) is 0 Å². The first-order valence-corrected chi connectivity index (χ1v) is 7.02. The molecule has 0 atom stereocenters. The lowest BCUT2D eigenvalue weighted by molar-refractivity contribution is 0.634. The van der Waals surface area contributed by atoms with Crippen LogP contribution in [0, 0.1) is 27.7 Å². The summed E-state index contributed by atoms with van der Waals surface area (Å²) < 4.78 is 4.26. The van der Waals surface area contributed by atoms with Gasteiger partial charge in [0, 0.05) is 23.5 Å². The van der Waals surface area contributed by atoms with Gasteiger partial charge < -0.3 is 0 Å². The van der Waals surface area contributed by atoms with Crippen molar-refractivity contribution in [2.24, 2.45) is 0 Å². The molecule has 0 aliphatic rings. The van der Waals surface area contributed by atoms with Crippen LogP contribution >= 0.6 is 0 Å². The molecule has 0 aromatic carbocycles. The maximum atomic E-state index is 4.61. The van der Waals surface area contributed by atoms with Gasteiger partial charge in [-0.1, -0.05) is 0 Å². The van der Waals surface area contributed by atoms with Gasteiger partial charge >= 0.3 is 0 Å². The first-order valence-electron chi connectivity index (χ1n) is 7.02. The maximum absolute atomic E-state index is 4.61. The summed E-state index contributed by atoms with van der Waals surface area (Å²) in [4.78, 5) is 4.56. The van der Waals surface area contributed by atoms with E-state index >= 15 is 0 Å². The molecule has 3 aromatic rings. The van der Waals surface area contributed by atoms with Crippen molar-refractivity contribution in [2.75, 3.05) is 0 Å². The molecule has 104 valence electrons. The predicted octanol–water partition coefficient (Wildman–Crippen LogP) is 3.45. The standard InChI is InChI=1S/C16H20N4/c1-6-19-13(5)16(12(4)18-19)14-9-17-15-8-10(2)7-11(3)20(14)15/h7-9H,6H2,1-5H3. The number of hydrogen-bond donors (Lipinski definition) is 0. The Labute approximate surface area is 119 Å². The van der Waals surface area contributed by atoms with E-state index in [1.807, 2.05) is 10.9 Å². The monoisotopic (exact) mass is 268 g/mol. The van der Waals surface area contributed by atoms with Crippen molar-refractivity contribution >= 4 is 5.65 Å². The molecule has 0 fully saturated rings. The molecule has 0 N–H and O–H groups in total. The fourth-order valence-electron chi connectivity index (χ4n) is 3.03. The summed E-state index contributed by atoms with van der Waals surface area (Å²) in [6.45, 7) is 11.4. The van der Waals surface area contributed by atoms with Crippen molar-refractivity contribution in [2.45, 2.75) is 41.2 Å². The zero-order chi connectivity index (χ0) is 14.4. The lowest BCUT2D eigenvalue weighted by Crippen LogP contribution is -1.99. The molecule has 3 rings (SSSR count). The first kappa shape index (κ1) is 12.9.